The van der Waals surface area contributed by atoms with Crippen LogP contribution in [0.5, 0.6) is 0 Å². The Bertz CT molecular complexity index is 1370. The minimum Gasteiger partial charge on any atom is -0.322 e. The number of fused-ring (bicyclic) bond motifs is 1. The van der Waals surface area contributed by atoms with Crippen molar-refractivity contribution >= 4 is 21.6 Å². The molecule has 0 heterocycles. The van der Waals surface area contributed by atoms with Crippen molar-refractivity contribution in [3.05, 3.63) is 88.5 Å². The maximum Gasteiger partial charge on any atom is 0.416 e. The Kier molecular flexibility index (Phi) is 6.26. The fraction of sp³-hybridized carbons (Fsp3) is 0.240. The molecular weight excluding hydrogens is 465 g/mol. The van der Waals surface area contributed by atoms with Gasteiger partial charge in [0.05, 0.1) is 11.8 Å². The van der Waals surface area contributed by atoms with Gasteiger partial charge in [-0.05, 0) is 71.8 Å². The van der Waals surface area contributed by atoms with E-state index in [9.17, 15) is 26.4 Å². The van der Waals surface area contributed by atoms with Crippen LogP contribution in [0.3, 0.4) is 0 Å². The average molecular weight is 489 g/mol. The van der Waals surface area contributed by atoms with Gasteiger partial charge in [0, 0.05) is 17.3 Å². The van der Waals surface area contributed by atoms with Crippen molar-refractivity contribution < 1.29 is 26.4 Å². The summed E-state index contributed by atoms with van der Waals surface area (Å²) in [5.41, 5.74) is 3.26. The minimum absolute atomic E-state index is 0.0797. The lowest BCUT2D eigenvalue weighted by Gasteiger charge is -2.14. The zero-order valence-electron chi connectivity index (χ0n) is 18.5. The van der Waals surface area contributed by atoms with Gasteiger partial charge in [0.15, 0.2) is 0 Å². The summed E-state index contributed by atoms with van der Waals surface area (Å²) in [5.74, 6) is -0.392. The van der Waals surface area contributed by atoms with Crippen LogP contribution in [0.15, 0.2) is 60.7 Å². The van der Waals surface area contributed by atoms with Gasteiger partial charge in [-0.2, -0.15) is 13.2 Å². The normalized spacial score (nSPS) is 15.7. The third-order valence-corrected chi connectivity index (χ3v) is 6.55. The van der Waals surface area contributed by atoms with Crippen molar-refractivity contribution in [2.24, 2.45) is 0 Å². The van der Waals surface area contributed by atoms with E-state index in [1.807, 2.05) is 12.1 Å². The average Bonchev–Trinajstić information content (AvgIpc) is 3.12. The smallest absolute Gasteiger partial charge is 0.322 e. The Morgan fingerprint density at radius 1 is 0.971 bits per heavy atom. The number of hydrogen-bond donors (Lipinski definition) is 2. The third-order valence-electron chi connectivity index (χ3n) is 5.79. The van der Waals surface area contributed by atoms with Crippen LogP contribution in [-0.2, 0) is 29.0 Å². The van der Waals surface area contributed by atoms with E-state index in [4.69, 9.17) is 0 Å². The maximum atomic E-state index is 13.1. The first kappa shape index (κ1) is 24.0. The summed E-state index contributed by atoms with van der Waals surface area (Å²) in [6.07, 6.45) is -2.22. The molecule has 0 unspecified atom stereocenters. The number of nitrogens with one attached hydrogen (secondary N) is 2. The summed E-state index contributed by atoms with van der Waals surface area (Å²) in [6, 6.07) is 15.8. The number of carbonyl (C=O) groups is 1. The Balaban J connectivity index is 1.56. The van der Waals surface area contributed by atoms with Crippen LogP contribution in [0.2, 0.25) is 0 Å². The molecule has 2 N–H and O–H groups in total. The zero-order valence-corrected chi connectivity index (χ0v) is 19.3. The van der Waals surface area contributed by atoms with Gasteiger partial charge in [-0.25, -0.2) is 13.1 Å². The largest absolute Gasteiger partial charge is 0.416 e. The highest BCUT2D eigenvalue weighted by Crippen LogP contribution is 2.35. The van der Waals surface area contributed by atoms with Crippen LogP contribution >= 0.6 is 0 Å². The molecule has 0 spiro atoms. The van der Waals surface area contributed by atoms with Crippen LogP contribution in [-0.4, -0.2) is 26.6 Å². The molecule has 0 saturated heterocycles. The molecule has 1 atom stereocenters. The molecule has 4 rings (SSSR count). The van der Waals surface area contributed by atoms with Crippen LogP contribution in [0.4, 0.5) is 18.9 Å². The van der Waals surface area contributed by atoms with E-state index in [1.54, 1.807) is 30.3 Å². The van der Waals surface area contributed by atoms with Gasteiger partial charge in [-0.3, -0.25) is 4.79 Å². The van der Waals surface area contributed by atoms with Crippen molar-refractivity contribution in [2.45, 2.75) is 32.0 Å². The molecule has 3 aromatic carbocycles. The molecule has 34 heavy (non-hydrogen) atoms. The molecule has 1 aliphatic carbocycles. The second-order valence-corrected chi connectivity index (χ2v) is 10.3. The lowest BCUT2D eigenvalue weighted by molar-refractivity contribution is -0.138. The molecule has 9 heteroatoms. The molecule has 178 valence electrons. The summed E-state index contributed by atoms with van der Waals surface area (Å²) in [5, 5.41) is 2.85. The van der Waals surface area contributed by atoms with E-state index in [-0.39, 0.29) is 11.6 Å². The summed E-state index contributed by atoms with van der Waals surface area (Å²) in [7, 11) is -3.32. The molecule has 0 aliphatic heterocycles. The van der Waals surface area contributed by atoms with Gasteiger partial charge in [0.1, 0.15) is 0 Å². The van der Waals surface area contributed by atoms with Gasteiger partial charge in [0.25, 0.3) is 5.91 Å². The number of anilines is 1. The molecule has 0 aromatic heterocycles. The number of rotatable bonds is 5. The molecule has 3 aromatic rings. The molecule has 1 amide bonds. The molecule has 0 bridgehead atoms. The van der Waals surface area contributed by atoms with E-state index < -0.39 is 27.7 Å². The van der Waals surface area contributed by atoms with E-state index >= 15 is 0 Å². The van der Waals surface area contributed by atoms with E-state index in [2.05, 4.69) is 10.0 Å². The maximum absolute atomic E-state index is 13.1. The van der Waals surface area contributed by atoms with Crippen molar-refractivity contribution in [3.63, 3.8) is 0 Å². The first-order valence-electron chi connectivity index (χ1n) is 10.6. The number of benzene rings is 3. The first-order valence-corrected chi connectivity index (χ1v) is 12.5. The van der Waals surface area contributed by atoms with E-state index in [0.29, 0.717) is 35.2 Å². The Hall–Kier alpha value is -3.17. The predicted octanol–water partition coefficient (Wildman–Crippen LogP) is 4.95. The monoisotopic (exact) mass is 488 g/mol. The zero-order chi connectivity index (χ0) is 24.7. The number of alkyl halides is 3. The van der Waals surface area contributed by atoms with E-state index in [1.165, 1.54) is 19.1 Å². The van der Waals surface area contributed by atoms with Gasteiger partial charge in [-0.15, -0.1) is 0 Å². The van der Waals surface area contributed by atoms with Crippen LogP contribution in [0.1, 0.15) is 32.6 Å². The second kappa shape index (κ2) is 8.88. The van der Waals surface area contributed by atoms with Crippen LogP contribution in [0.25, 0.3) is 11.1 Å². The lowest BCUT2D eigenvalue weighted by atomic mass is 9.95. The summed E-state index contributed by atoms with van der Waals surface area (Å²) >= 11 is 0. The number of sulfonamides is 1. The van der Waals surface area contributed by atoms with Crippen molar-refractivity contribution in [2.75, 3.05) is 11.6 Å². The fourth-order valence-electron chi connectivity index (χ4n) is 4.36. The van der Waals surface area contributed by atoms with Gasteiger partial charge in [0.2, 0.25) is 10.0 Å². The fourth-order valence-corrected chi connectivity index (χ4v) is 5.13. The molecule has 1 aliphatic rings. The quantitative estimate of drug-likeness (QED) is 0.534. The van der Waals surface area contributed by atoms with Crippen LogP contribution < -0.4 is 10.0 Å². The highest BCUT2D eigenvalue weighted by atomic mass is 32.2. The number of carbonyl (C=O) groups excluding carboxylic acids is 1. The lowest BCUT2D eigenvalue weighted by Crippen LogP contribution is -2.34. The summed E-state index contributed by atoms with van der Waals surface area (Å²) in [4.78, 5) is 13.1. The second-order valence-electron chi connectivity index (χ2n) is 8.51. The Morgan fingerprint density at radius 2 is 1.68 bits per heavy atom. The molecule has 0 saturated carbocycles. The summed E-state index contributed by atoms with van der Waals surface area (Å²) < 4.78 is 65.1. The Morgan fingerprint density at radius 3 is 2.35 bits per heavy atom. The summed E-state index contributed by atoms with van der Waals surface area (Å²) in [6.45, 7) is 1.39. The van der Waals surface area contributed by atoms with Gasteiger partial charge in [-0.1, -0.05) is 36.4 Å². The molecule has 0 radical (unpaired) electrons. The number of halogens is 3. The van der Waals surface area contributed by atoms with Gasteiger partial charge < -0.3 is 5.32 Å². The number of hydrogen-bond acceptors (Lipinski definition) is 3. The van der Waals surface area contributed by atoms with Crippen molar-refractivity contribution in [1.29, 1.82) is 0 Å². The standard InChI is InChI=1S/C25H23F3N2O3S/c1-15-11-17(8-10-23(15)25(26,27)28)21-5-3-4-6-22(21)24(31)29-19-9-7-16-12-20(14-18(16)13-19)30-34(2,32)33/h3-11,13,20,30H,12,14H2,1-2H3,(H,29,31)/t20-/m0/s1. The van der Waals surface area contributed by atoms with Crippen molar-refractivity contribution in [3.8, 4) is 11.1 Å². The minimum atomic E-state index is -4.44. The molecule has 0 fully saturated rings. The topological polar surface area (TPSA) is 75.3 Å². The first-order chi connectivity index (χ1) is 15.9. The molecular formula is C25H23F3N2O3S. The third kappa shape index (κ3) is 5.31. The van der Waals surface area contributed by atoms with Gasteiger partial charge >= 0.3 is 6.18 Å². The SMILES string of the molecule is Cc1cc(-c2ccccc2C(=O)Nc2ccc3c(c2)C[C@@H](NS(C)(=O)=O)C3)ccc1C(F)(F)F. The number of aryl methyl sites for hydroxylation is 1. The highest BCUT2D eigenvalue weighted by molar-refractivity contribution is 7.88. The van der Waals surface area contributed by atoms with Crippen molar-refractivity contribution in [1.82, 2.24) is 4.72 Å². The number of amides is 1. The Labute approximate surface area is 196 Å². The van der Waals surface area contributed by atoms with E-state index in [0.717, 1.165) is 23.4 Å². The van der Waals surface area contributed by atoms with Crippen LogP contribution in [0, 0.1) is 6.92 Å². The predicted molar refractivity (Wildman–Crippen MR) is 125 cm³/mol. The highest BCUT2D eigenvalue weighted by Gasteiger charge is 2.32. The molecule has 5 nitrogen and oxygen atoms in total.